The fourth-order valence-electron chi connectivity index (χ4n) is 7.30. The molecule has 8 heteroatoms. The van der Waals surface area contributed by atoms with Crippen LogP contribution in [0.25, 0.3) is 0 Å². The van der Waals surface area contributed by atoms with Crippen molar-refractivity contribution in [2.75, 3.05) is 0 Å². The molecule has 0 fully saturated rings. The van der Waals surface area contributed by atoms with E-state index in [1.54, 1.807) is 0 Å². The molecule has 0 saturated heterocycles. The Hall–Kier alpha value is -6.67. The maximum Gasteiger partial charge on any atom is 0.408 e. The second kappa shape index (κ2) is 20.0. The predicted molar refractivity (Wildman–Crippen MR) is 227 cm³/mol. The van der Waals surface area contributed by atoms with E-state index in [9.17, 15) is 14.4 Å². The van der Waals surface area contributed by atoms with Gasteiger partial charge in [-0.2, -0.15) is 0 Å². The first-order chi connectivity index (χ1) is 28.2. The molecular formula is C50H50N2O6. The summed E-state index contributed by atoms with van der Waals surface area (Å²) in [5, 5.41) is 5.97. The second-order valence-corrected chi connectivity index (χ2v) is 14.9. The Labute approximate surface area is 341 Å². The molecule has 0 spiro atoms. The van der Waals surface area contributed by atoms with Gasteiger partial charge < -0.3 is 24.8 Å². The number of nitrogens with one attached hydrogen (secondary N) is 2. The van der Waals surface area contributed by atoms with E-state index in [2.05, 4.69) is 10.6 Å². The minimum Gasteiger partial charge on any atom is -0.457 e. The molecule has 0 unspecified atom stereocenters. The van der Waals surface area contributed by atoms with E-state index >= 15 is 0 Å². The monoisotopic (exact) mass is 774 g/mol. The number of amides is 2. The molecule has 8 nitrogen and oxygen atoms in total. The number of rotatable bonds is 18. The zero-order valence-electron chi connectivity index (χ0n) is 33.2. The summed E-state index contributed by atoms with van der Waals surface area (Å²) in [5.74, 6) is 2.01. The lowest BCUT2D eigenvalue weighted by molar-refractivity contribution is -0.130. The van der Waals surface area contributed by atoms with Crippen LogP contribution in [0.5, 0.6) is 23.0 Å². The van der Waals surface area contributed by atoms with E-state index in [4.69, 9.17) is 14.2 Å². The molecule has 0 radical (unpaired) electrons. The Balaban J connectivity index is 1.39. The maximum atomic E-state index is 14.5. The van der Waals surface area contributed by atoms with Crippen molar-refractivity contribution in [1.29, 1.82) is 0 Å². The zero-order chi connectivity index (χ0) is 40.7. The molecule has 6 rings (SSSR count). The molecule has 6 aromatic rings. The number of hydrogen-bond donors (Lipinski definition) is 2. The van der Waals surface area contributed by atoms with Crippen LogP contribution in [0.2, 0.25) is 0 Å². The molecule has 0 saturated carbocycles. The number of alkyl carbamates (subject to hydrolysis) is 1. The molecule has 2 N–H and O–H groups in total. The summed E-state index contributed by atoms with van der Waals surface area (Å²) >= 11 is 0. The first kappa shape index (κ1) is 41.0. The highest BCUT2D eigenvalue weighted by Crippen LogP contribution is 2.39. The molecule has 0 aliphatic rings. The van der Waals surface area contributed by atoms with Crippen LogP contribution in [0.4, 0.5) is 4.79 Å². The van der Waals surface area contributed by atoms with Crippen LogP contribution in [-0.2, 0) is 39.2 Å². The molecule has 0 aliphatic heterocycles. The van der Waals surface area contributed by atoms with Crippen LogP contribution >= 0.6 is 0 Å². The molecule has 0 bridgehead atoms. The number of para-hydroxylation sites is 2. The topological polar surface area (TPSA) is 103 Å². The summed E-state index contributed by atoms with van der Waals surface area (Å²) in [6.45, 7) is 5.51. The van der Waals surface area contributed by atoms with E-state index in [-0.39, 0.29) is 18.3 Å². The van der Waals surface area contributed by atoms with Crippen LogP contribution < -0.4 is 20.1 Å². The number of ether oxygens (including phenoxy) is 3. The Bertz CT molecular complexity index is 2140. The van der Waals surface area contributed by atoms with Crippen LogP contribution in [0.1, 0.15) is 49.4 Å². The number of benzene rings is 6. The van der Waals surface area contributed by atoms with E-state index in [0.717, 1.165) is 22.3 Å². The summed E-state index contributed by atoms with van der Waals surface area (Å²) in [6.07, 6.45) is 0.300. The van der Waals surface area contributed by atoms with Crippen LogP contribution in [0.15, 0.2) is 170 Å². The van der Waals surface area contributed by atoms with Gasteiger partial charge >= 0.3 is 6.09 Å². The Kier molecular flexibility index (Phi) is 14.1. The fraction of sp³-hybridized carbons (Fsp3) is 0.220. The molecule has 6 aromatic carbocycles. The summed E-state index contributed by atoms with van der Waals surface area (Å²) in [5.41, 5.74) is 2.44. The third-order valence-corrected chi connectivity index (χ3v) is 9.92. The minimum atomic E-state index is -1.03. The molecule has 0 heterocycles. The van der Waals surface area contributed by atoms with Gasteiger partial charge in [0.25, 0.3) is 0 Å². The molecule has 0 aliphatic carbocycles. The highest BCUT2D eigenvalue weighted by atomic mass is 16.5. The van der Waals surface area contributed by atoms with Crippen molar-refractivity contribution in [3.8, 4) is 23.0 Å². The van der Waals surface area contributed by atoms with Crippen molar-refractivity contribution in [3.05, 3.63) is 192 Å². The van der Waals surface area contributed by atoms with Gasteiger partial charge in [0.2, 0.25) is 5.91 Å². The Morgan fingerprint density at radius 1 is 0.552 bits per heavy atom. The first-order valence-corrected chi connectivity index (χ1v) is 19.6. The second-order valence-electron chi connectivity index (χ2n) is 14.9. The first-order valence-electron chi connectivity index (χ1n) is 19.6. The quantitative estimate of drug-likeness (QED) is 0.0901. The van der Waals surface area contributed by atoms with E-state index in [1.807, 2.05) is 184 Å². The largest absolute Gasteiger partial charge is 0.457 e. The lowest BCUT2D eigenvalue weighted by Gasteiger charge is -2.42. The standard InChI is InChI=1S/C50H50N2O6/c1-36(2)30-46(51-49(55)56-35-38-18-8-4-9-19-38)48(54)52-47(37(3)53)50(41-22-10-5-11-23-41,33-39-20-16-28-44(31-39)57-42-24-12-6-13-25-42)34-40-21-17-29-45(32-40)58-43-26-14-7-15-27-43/h4-29,31-32,36,46-47H,30,33-35H2,1-3H3,(H,51,55)(H,52,54)/t46-,47+/m0/s1. The van der Waals surface area contributed by atoms with Crippen molar-refractivity contribution >= 4 is 17.8 Å². The van der Waals surface area contributed by atoms with Crippen molar-refractivity contribution in [2.24, 2.45) is 5.92 Å². The molecule has 2 atom stereocenters. The van der Waals surface area contributed by atoms with Crippen LogP contribution in [0.3, 0.4) is 0 Å². The van der Waals surface area contributed by atoms with Crippen molar-refractivity contribution in [3.63, 3.8) is 0 Å². The van der Waals surface area contributed by atoms with Gasteiger partial charge in [0.1, 0.15) is 35.6 Å². The third kappa shape index (κ3) is 11.4. The van der Waals surface area contributed by atoms with Gasteiger partial charge in [-0.1, -0.05) is 135 Å². The maximum absolute atomic E-state index is 14.5. The van der Waals surface area contributed by atoms with Crippen molar-refractivity contribution < 1.29 is 28.6 Å². The van der Waals surface area contributed by atoms with Crippen molar-refractivity contribution in [2.45, 2.75) is 64.1 Å². The minimum absolute atomic E-state index is 0.0412. The Morgan fingerprint density at radius 3 is 1.48 bits per heavy atom. The number of Topliss-reactive ketones (excluding diaryl/α,β-unsaturated/α-hetero) is 1. The normalized spacial score (nSPS) is 12.2. The molecule has 0 aromatic heterocycles. The van der Waals surface area contributed by atoms with Gasteiger partial charge in [-0.25, -0.2) is 4.79 Å². The highest BCUT2D eigenvalue weighted by molar-refractivity contribution is 5.92. The summed E-state index contributed by atoms with van der Waals surface area (Å²) in [6, 6.07) is 51.9. The summed E-state index contributed by atoms with van der Waals surface area (Å²) < 4.78 is 18.0. The smallest absolute Gasteiger partial charge is 0.408 e. The average molecular weight is 775 g/mol. The van der Waals surface area contributed by atoms with E-state index < -0.39 is 29.5 Å². The summed E-state index contributed by atoms with van der Waals surface area (Å²) in [7, 11) is 0. The van der Waals surface area contributed by atoms with Crippen LogP contribution in [-0.4, -0.2) is 29.9 Å². The third-order valence-electron chi connectivity index (χ3n) is 9.92. The van der Waals surface area contributed by atoms with Gasteiger partial charge in [-0.3, -0.25) is 9.59 Å². The van der Waals surface area contributed by atoms with Crippen LogP contribution in [0, 0.1) is 5.92 Å². The number of carbonyl (C=O) groups is 3. The number of hydrogen-bond acceptors (Lipinski definition) is 6. The highest BCUT2D eigenvalue weighted by Gasteiger charge is 2.45. The Morgan fingerprint density at radius 2 is 1.00 bits per heavy atom. The van der Waals surface area contributed by atoms with E-state index in [1.165, 1.54) is 6.92 Å². The SMILES string of the molecule is CC(=O)[C@@H](NC(=O)[C@H](CC(C)C)NC(=O)OCc1ccccc1)C(Cc1cccc(Oc2ccccc2)c1)(Cc1cccc(Oc2ccccc2)c1)c1ccccc1. The van der Waals surface area contributed by atoms with Gasteiger partial charge in [0.05, 0.1) is 6.04 Å². The van der Waals surface area contributed by atoms with Gasteiger partial charge in [0.15, 0.2) is 5.78 Å². The summed E-state index contributed by atoms with van der Waals surface area (Å²) in [4.78, 5) is 41.9. The lowest BCUT2D eigenvalue weighted by atomic mass is 9.65. The zero-order valence-corrected chi connectivity index (χ0v) is 33.2. The van der Waals surface area contributed by atoms with Gasteiger partial charge in [0, 0.05) is 5.41 Å². The molecule has 296 valence electrons. The van der Waals surface area contributed by atoms with E-state index in [0.29, 0.717) is 42.3 Å². The predicted octanol–water partition coefficient (Wildman–Crippen LogP) is 10.4. The number of carbonyl (C=O) groups excluding carboxylic acids is 3. The van der Waals surface area contributed by atoms with Gasteiger partial charge in [-0.15, -0.1) is 0 Å². The van der Waals surface area contributed by atoms with Gasteiger partial charge in [-0.05, 0) is 103 Å². The number of ketones is 1. The molecule has 2 amide bonds. The molecular weight excluding hydrogens is 725 g/mol. The molecule has 58 heavy (non-hydrogen) atoms. The average Bonchev–Trinajstić information content (AvgIpc) is 3.23. The van der Waals surface area contributed by atoms with Crippen molar-refractivity contribution in [1.82, 2.24) is 10.6 Å². The fourth-order valence-corrected chi connectivity index (χ4v) is 7.30. The lowest BCUT2D eigenvalue weighted by Crippen LogP contribution is -2.60.